The van der Waals surface area contributed by atoms with Crippen LogP contribution < -0.4 is 10.6 Å². The molecule has 0 fully saturated rings. The van der Waals surface area contributed by atoms with Gasteiger partial charge in [0.25, 0.3) is 0 Å². The van der Waals surface area contributed by atoms with Crippen LogP contribution in [0.5, 0.6) is 0 Å². The van der Waals surface area contributed by atoms with Crippen LogP contribution in [-0.2, 0) is 14.3 Å². The van der Waals surface area contributed by atoms with Gasteiger partial charge >= 0.3 is 0 Å². The maximum absolute atomic E-state index is 11.3. The van der Waals surface area contributed by atoms with Crippen molar-refractivity contribution in [3.63, 3.8) is 0 Å². The molecule has 0 aliphatic heterocycles. The Bertz CT molecular complexity index is 187. The van der Waals surface area contributed by atoms with E-state index in [1.807, 2.05) is 0 Å². The summed E-state index contributed by atoms with van der Waals surface area (Å²) in [6.45, 7) is 8.34. The van der Waals surface area contributed by atoms with Gasteiger partial charge in [0.15, 0.2) is 0 Å². The number of nitrogens with one attached hydrogen (secondary N) is 2. The maximum atomic E-state index is 11.3. The summed E-state index contributed by atoms with van der Waals surface area (Å²) in [5.41, 5.74) is 0. The number of methoxy groups -OCH3 is 1. The Hall–Kier alpha value is -0.650. The van der Waals surface area contributed by atoms with Crippen LogP contribution in [-0.4, -0.2) is 52.5 Å². The molecule has 0 aliphatic carbocycles. The second kappa shape index (κ2) is 11.8. The fraction of sp³-hybridized carbons (Fsp3) is 0.917. The van der Waals surface area contributed by atoms with Crippen LogP contribution in [0.1, 0.15) is 20.3 Å². The Morgan fingerprint density at radius 2 is 1.94 bits per heavy atom. The van der Waals surface area contributed by atoms with Crippen molar-refractivity contribution in [3.05, 3.63) is 0 Å². The molecule has 0 unspecified atom stereocenters. The molecule has 0 saturated heterocycles. The lowest BCUT2D eigenvalue weighted by atomic mass is 10.2. The number of carbonyl (C=O) groups excluding carboxylic acids is 1. The summed E-state index contributed by atoms with van der Waals surface area (Å²) in [5, 5.41) is 5.93. The standard InChI is InChI=1S/C12H26N2O3/c1-11(2)10-17-9-6-13-5-4-12(15)14-7-8-16-3/h11,13H,4-10H2,1-3H3,(H,14,15). The molecule has 0 rings (SSSR count). The molecule has 0 aliphatic rings. The van der Waals surface area contributed by atoms with E-state index in [9.17, 15) is 4.79 Å². The quantitative estimate of drug-likeness (QED) is 0.518. The third-order valence-corrected chi connectivity index (χ3v) is 2.03. The van der Waals surface area contributed by atoms with E-state index in [4.69, 9.17) is 9.47 Å². The lowest BCUT2D eigenvalue weighted by Gasteiger charge is -2.08. The smallest absolute Gasteiger partial charge is 0.221 e. The lowest BCUT2D eigenvalue weighted by molar-refractivity contribution is -0.121. The largest absolute Gasteiger partial charge is 0.383 e. The van der Waals surface area contributed by atoms with Crippen LogP contribution in [0.4, 0.5) is 0 Å². The topological polar surface area (TPSA) is 59.6 Å². The molecule has 1 amide bonds. The predicted molar refractivity (Wildman–Crippen MR) is 68.0 cm³/mol. The lowest BCUT2D eigenvalue weighted by Crippen LogP contribution is -2.31. The molecule has 0 atom stereocenters. The van der Waals surface area contributed by atoms with Gasteiger partial charge in [-0.15, -0.1) is 0 Å². The Kier molecular flexibility index (Phi) is 11.4. The Labute approximate surface area is 104 Å². The molecule has 0 heterocycles. The summed E-state index contributed by atoms with van der Waals surface area (Å²) in [5.74, 6) is 0.624. The Balaban J connectivity index is 3.14. The highest BCUT2D eigenvalue weighted by atomic mass is 16.5. The van der Waals surface area contributed by atoms with Crippen LogP contribution in [0.3, 0.4) is 0 Å². The summed E-state index contributed by atoms with van der Waals surface area (Å²) in [6, 6.07) is 0. The third kappa shape index (κ3) is 13.3. The van der Waals surface area contributed by atoms with Crippen LogP contribution in [0.15, 0.2) is 0 Å². The van der Waals surface area contributed by atoms with E-state index >= 15 is 0 Å². The van der Waals surface area contributed by atoms with Crippen molar-refractivity contribution < 1.29 is 14.3 Å². The zero-order chi connectivity index (χ0) is 12.9. The zero-order valence-corrected chi connectivity index (χ0v) is 11.3. The minimum Gasteiger partial charge on any atom is -0.383 e. The normalized spacial score (nSPS) is 10.8. The summed E-state index contributed by atoms with van der Waals surface area (Å²) in [4.78, 5) is 11.3. The van der Waals surface area contributed by atoms with E-state index < -0.39 is 0 Å². The highest BCUT2D eigenvalue weighted by Crippen LogP contribution is 1.90. The van der Waals surface area contributed by atoms with Gasteiger partial charge < -0.3 is 20.1 Å². The minimum absolute atomic E-state index is 0.0534. The fourth-order valence-electron chi connectivity index (χ4n) is 1.17. The van der Waals surface area contributed by atoms with E-state index in [1.54, 1.807) is 7.11 Å². The molecule has 102 valence electrons. The molecule has 2 N–H and O–H groups in total. The van der Waals surface area contributed by atoms with Gasteiger partial charge in [0.05, 0.1) is 13.2 Å². The first-order valence-corrected chi connectivity index (χ1v) is 6.21. The fourth-order valence-corrected chi connectivity index (χ4v) is 1.17. The van der Waals surface area contributed by atoms with Crippen molar-refractivity contribution in [2.75, 3.05) is 46.6 Å². The maximum Gasteiger partial charge on any atom is 0.221 e. The van der Waals surface area contributed by atoms with E-state index in [2.05, 4.69) is 24.5 Å². The summed E-state index contributed by atoms with van der Waals surface area (Å²) in [6.07, 6.45) is 0.494. The van der Waals surface area contributed by atoms with Crippen LogP contribution in [0.2, 0.25) is 0 Å². The van der Waals surface area contributed by atoms with Gasteiger partial charge in [-0.1, -0.05) is 13.8 Å². The molecule has 0 radical (unpaired) electrons. The van der Waals surface area contributed by atoms with Crippen molar-refractivity contribution >= 4 is 5.91 Å². The number of hydrogen-bond donors (Lipinski definition) is 2. The monoisotopic (exact) mass is 246 g/mol. The molecule has 0 saturated carbocycles. The number of hydrogen-bond acceptors (Lipinski definition) is 4. The van der Waals surface area contributed by atoms with Gasteiger partial charge in [0, 0.05) is 39.8 Å². The van der Waals surface area contributed by atoms with Crippen molar-refractivity contribution in [1.29, 1.82) is 0 Å². The molecule has 5 heteroatoms. The SMILES string of the molecule is COCCNC(=O)CCNCCOCC(C)C. The molecule has 0 aromatic heterocycles. The number of ether oxygens (including phenoxy) is 2. The highest BCUT2D eigenvalue weighted by molar-refractivity contribution is 5.75. The van der Waals surface area contributed by atoms with Crippen molar-refractivity contribution in [3.8, 4) is 0 Å². The molecular formula is C12H26N2O3. The molecule has 5 nitrogen and oxygen atoms in total. The zero-order valence-electron chi connectivity index (χ0n) is 11.3. The van der Waals surface area contributed by atoms with E-state index in [0.717, 1.165) is 13.2 Å². The van der Waals surface area contributed by atoms with Gasteiger partial charge in [-0.25, -0.2) is 0 Å². The summed E-state index contributed by atoms with van der Waals surface area (Å²) < 4.78 is 10.2. The molecule has 0 aromatic carbocycles. The van der Waals surface area contributed by atoms with E-state index in [0.29, 0.717) is 38.6 Å². The second-order valence-corrected chi connectivity index (χ2v) is 4.31. The first-order valence-electron chi connectivity index (χ1n) is 6.21. The molecule has 17 heavy (non-hydrogen) atoms. The Morgan fingerprint density at radius 1 is 1.18 bits per heavy atom. The van der Waals surface area contributed by atoms with Gasteiger partial charge in [-0.3, -0.25) is 4.79 Å². The molecular weight excluding hydrogens is 220 g/mol. The van der Waals surface area contributed by atoms with E-state index in [-0.39, 0.29) is 5.91 Å². The molecule has 0 aromatic rings. The predicted octanol–water partition coefficient (Wildman–Crippen LogP) is 0.401. The number of amides is 1. The Morgan fingerprint density at radius 3 is 2.59 bits per heavy atom. The average molecular weight is 246 g/mol. The van der Waals surface area contributed by atoms with Crippen molar-refractivity contribution in [2.45, 2.75) is 20.3 Å². The first-order chi connectivity index (χ1) is 8.16. The van der Waals surface area contributed by atoms with Gasteiger partial charge in [0.2, 0.25) is 5.91 Å². The third-order valence-electron chi connectivity index (χ3n) is 2.03. The van der Waals surface area contributed by atoms with Crippen LogP contribution in [0, 0.1) is 5.92 Å². The summed E-state index contributed by atoms with van der Waals surface area (Å²) >= 11 is 0. The summed E-state index contributed by atoms with van der Waals surface area (Å²) in [7, 11) is 1.62. The number of rotatable bonds is 11. The van der Waals surface area contributed by atoms with Crippen molar-refractivity contribution in [1.82, 2.24) is 10.6 Å². The van der Waals surface area contributed by atoms with Gasteiger partial charge in [-0.05, 0) is 5.92 Å². The van der Waals surface area contributed by atoms with Gasteiger partial charge in [-0.2, -0.15) is 0 Å². The number of carbonyl (C=O) groups is 1. The second-order valence-electron chi connectivity index (χ2n) is 4.31. The van der Waals surface area contributed by atoms with Crippen LogP contribution >= 0.6 is 0 Å². The average Bonchev–Trinajstić information content (AvgIpc) is 2.28. The minimum atomic E-state index is 0.0534. The van der Waals surface area contributed by atoms with E-state index in [1.165, 1.54) is 0 Å². The van der Waals surface area contributed by atoms with Crippen molar-refractivity contribution in [2.24, 2.45) is 5.92 Å². The van der Waals surface area contributed by atoms with Gasteiger partial charge in [0.1, 0.15) is 0 Å². The molecule has 0 bridgehead atoms. The molecule has 0 spiro atoms. The first kappa shape index (κ1) is 16.4. The van der Waals surface area contributed by atoms with Crippen LogP contribution in [0.25, 0.3) is 0 Å². The highest BCUT2D eigenvalue weighted by Gasteiger charge is 1.99.